The molecule has 2 aliphatic heterocycles. The van der Waals surface area contributed by atoms with Crippen LogP contribution in [0.1, 0.15) is 23.5 Å². The van der Waals surface area contributed by atoms with E-state index < -0.39 is 9.84 Å². The molecule has 0 radical (unpaired) electrons. The summed E-state index contributed by atoms with van der Waals surface area (Å²) in [6, 6.07) is 6.81. The van der Waals surface area contributed by atoms with Crippen molar-refractivity contribution in [1.29, 1.82) is 0 Å². The molecule has 5 rings (SSSR count). The van der Waals surface area contributed by atoms with Crippen molar-refractivity contribution in [1.82, 2.24) is 15.3 Å². The highest BCUT2D eigenvalue weighted by Gasteiger charge is 2.29. The van der Waals surface area contributed by atoms with Gasteiger partial charge in [0.15, 0.2) is 0 Å². The normalized spacial score (nSPS) is 19.6. The number of hydrogen-bond donors (Lipinski definition) is 2. The number of hydrogen-bond acceptors (Lipinski definition) is 5. The monoisotopic (exact) mass is 369 g/mol. The van der Waals surface area contributed by atoms with Crippen LogP contribution in [0, 0.1) is 0 Å². The molecule has 2 aromatic heterocycles. The lowest BCUT2D eigenvalue weighted by Gasteiger charge is -2.10. The maximum Gasteiger partial charge on any atom is 0.209 e. The fourth-order valence-electron chi connectivity index (χ4n) is 4.04. The van der Waals surface area contributed by atoms with Gasteiger partial charge in [0.05, 0.1) is 27.4 Å². The van der Waals surface area contributed by atoms with Gasteiger partial charge in [-0.15, -0.1) is 0 Å². The van der Waals surface area contributed by atoms with Crippen LogP contribution in [0.4, 0.5) is 0 Å². The Balaban J connectivity index is 1.68. The van der Waals surface area contributed by atoms with Gasteiger partial charge in [-0.25, -0.2) is 8.42 Å². The summed E-state index contributed by atoms with van der Waals surface area (Å²) < 4.78 is 32.4. The number of H-pyrrole nitrogens is 1. The number of aromatic nitrogens is 2. The first-order valence-corrected chi connectivity index (χ1v) is 10.3. The van der Waals surface area contributed by atoms with E-state index in [0.29, 0.717) is 35.1 Å². The zero-order chi connectivity index (χ0) is 17.7. The minimum absolute atomic E-state index is 0.278. The van der Waals surface area contributed by atoms with E-state index in [1.165, 1.54) is 0 Å². The van der Waals surface area contributed by atoms with Crippen LogP contribution in [0.15, 0.2) is 46.5 Å². The third-order valence-electron chi connectivity index (χ3n) is 5.34. The first-order chi connectivity index (χ1) is 12.7. The minimum Gasteiger partial charge on any atom is -0.493 e. The van der Waals surface area contributed by atoms with Gasteiger partial charge in [-0.1, -0.05) is 6.07 Å². The molecule has 3 aromatic rings. The molecular weight excluding hydrogens is 350 g/mol. The molecule has 1 fully saturated rings. The number of fused-ring (bicyclic) bond motifs is 2. The summed E-state index contributed by atoms with van der Waals surface area (Å²) in [7, 11) is -3.67. The third-order valence-corrected chi connectivity index (χ3v) is 7.22. The molecule has 0 saturated carbocycles. The second-order valence-corrected chi connectivity index (χ2v) is 8.69. The highest BCUT2D eigenvalue weighted by molar-refractivity contribution is 7.91. The van der Waals surface area contributed by atoms with Crippen LogP contribution < -0.4 is 10.1 Å². The molecule has 1 aromatic carbocycles. The molecule has 0 amide bonds. The number of pyridine rings is 1. The van der Waals surface area contributed by atoms with Gasteiger partial charge in [0.2, 0.25) is 9.84 Å². The third kappa shape index (κ3) is 2.27. The summed E-state index contributed by atoms with van der Waals surface area (Å²) in [4.78, 5) is 8.26. The van der Waals surface area contributed by atoms with E-state index in [1.54, 1.807) is 24.4 Å². The van der Waals surface area contributed by atoms with E-state index in [0.717, 1.165) is 36.2 Å². The lowest BCUT2D eigenvalue weighted by molar-refractivity contribution is 0.357. The van der Waals surface area contributed by atoms with Gasteiger partial charge in [-0.3, -0.25) is 4.98 Å². The zero-order valence-electron chi connectivity index (χ0n) is 14.2. The molecule has 1 saturated heterocycles. The van der Waals surface area contributed by atoms with E-state index >= 15 is 0 Å². The van der Waals surface area contributed by atoms with Gasteiger partial charge in [0, 0.05) is 42.4 Å². The van der Waals surface area contributed by atoms with Crippen molar-refractivity contribution in [2.45, 2.75) is 28.6 Å². The van der Waals surface area contributed by atoms with Crippen LogP contribution in [-0.2, 0) is 16.3 Å². The van der Waals surface area contributed by atoms with Gasteiger partial charge in [-0.05, 0) is 31.2 Å². The molecule has 1 unspecified atom stereocenters. The van der Waals surface area contributed by atoms with Gasteiger partial charge in [-0.2, -0.15) is 0 Å². The predicted molar refractivity (Wildman–Crippen MR) is 97.4 cm³/mol. The Hall–Kier alpha value is -2.38. The van der Waals surface area contributed by atoms with Crippen molar-refractivity contribution in [3.63, 3.8) is 0 Å². The quantitative estimate of drug-likeness (QED) is 0.741. The summed E-state index contributed by atoms with van der Waals surface area (Å²) >= 11 is 0. The Labute approximate surface area is 151 Å². The van der Waals surface area contributed by atoms with Crippen molar-refractivity contribution in [3.8, 4) is 5.75 Å². The molecular formula is C19H19N3O3S. The summed E-state index contributed by atoms with van der Waals surface area (Å²) in [6.07, 6.45) is 5.15. The Morgan fingerprint density at radius 1 is 1.19 bits per heavy atom. The number of nitrogens with one attached hydrogen (secondary N) is 2. The Kier molecular flexibility index (Phi) is 3.55. The summed E-state index contributed by atoms with van der Waals surface area (Å²) in [6.45, 7) is 2.40. The maximum absolute atomic E-state index is 13.4. The lowest BCUT2D eigenvalue weighted by atomic mass is 10.0. The van der Waals surface area contributed by atoms with E-state index in [1.807, 2.05) is 12.3 Å². The fraction of sp³-hybridized carbons (Fsp3) is 0.316. The van der Waals surface area contributed by atoms with Crippen molar-refractivity contribution in [2.24, 2.45) is 0 Å². The Morgan fingerprint density at radius 3 is 2.96 bits per heavy atom. The van der Waals surface area contributed by atoms with Crippen molar-refractivity contribution < 1.29 is 13.2 Å². The van der Waals surface area contributed by atoms with Gasteiger partial charge < -0.3 is 15.0 Å². The molecule has 4 heterocycles. The van der Waals surface area contributed by atoms with Gasteiger partial charge >= 0.3 is 0 Å². The lowest BCUT2D eigenvalue weighted by Crippen LogP contribution is -2.08. The van der Waals surface area contributed by atoms with E-state index in [-0.39, 0.29) is 4.90 Å². The topological polar surface area (TPSA) is 84.1 Å². The number of rotatable bonds is 3. The van der Waals surface area contributed by atoms with Crippen LogP contribution in [0.25, 0.3) is 11.0 Å². The predicted octanol–water partition coefficient (Wildman–Crippen LogP) is 2.41. The van der Waals surface area contributed by atoms with Crippen molar-refractivity contribution in [3.05, 3.63) is 47.8 Å². The number of benzene rings is 1. The molecule has 2 aliphatic rings. The summed E-state index contributed by atoms with van der Waals surface area (Å²) in [5.74, 6) is 1.03. The summed E-state index contributed by atoms with van der Waals surface area (Å²) in [5, 5.41) is 3.35. The van der Waals surface area contributed by atoms with Crippen LogP contribution in [0.5, 0.6) is 5.75 Å². The Morgan fingerprint density at radius 2 is 2.12 bits per heavy atom. The average molecular weight is 369 g/mol. The standard InChI is InChI=1S/C19H19N3O3S/c23-26(24,16-3-1-2-15-13(16)6-9-25-15)17-5-8-21-18-14(11-22-19(17)18)12-4-7-20-10-12/h1-3,5,8,11-12,20,22H,4,6-7,9-10H2. The molecule has 7 heteroatoms. The first kappa shape index (κ1) is 15.8. The highest BCUT2D eigenvalue weighted by Crippen LogP contribution is 2.37. The molecule has 6 nitrogen and oxygen atoms in total. The van der Waals surface area contributed by atoms with Gasteiger partial charge in [0.25, 0.3) is 0 Å². The fourth-order valence-corrected chi connectivity index (χ4v) is 5.72. The minimum atomic E-state index is -3.67. The molecule has 134 valence electrons. The van der Waals surface area contributed by atoms with E-state index in [4.69, 9.17) is 4.74 Å². The molecule has 0 aliphatic carbocycles. The number of nitrogens with zero attached hydrogens (tertiary/aromatic N) is 1. The zero-order valence-corrected chi connectivity index (χ0v) is 15.0. The van der Waals surface area contributed by atoms with Crippen LogP contribution in [0.3, 0.4) is 0 Å². The number of sulfone groups is 1. The van der Waals surface area contributed by atoms with Crippen molar-refractivity contribution in [2.75, 3.05) is 19.7 Å². The average Bonchev–Trinajstić information content (AvgIpc) is 3.39. The number of aromatic amines is 1. The van der Waals surface area contributed by atoms with Crippen LogP contribution >= 0.6 is 0 Å². The first-order valence-electron chi connectivity index (χ1n) is 8.83. The SMILES string of the molecule is O=S(=O)(c1cccc2c1CCO2)c1ccnc2c(C3CCNC3)c[nH]c12. The van der Waals surface area contributed by atoms with Crippen molar-refractivity contribution >= 4 is 20.9 Å². The molecule has 0 spiro atoms. The second kappa shape index (κ2) is 5.82. The van der Waals surface area contributed by atoms with Gasteiger partial charge in [0.1, 0.15) is 5.75 Å². The highest BCUT2D eigenvalue weighted by atomic mass is 32.2. The molecule has 26 heavy (non-hydrogen) atoms. The van der Waals surface area contributed by atoms with Crippen LogP contribution in [0.2, 0.25) is 0 Å². The largest absolute Gasteiger partial charge is 0.493 e. The molecule has 2 N–H and O–H groups in total. The van der Waals surface area contributed by atoms with Crippen LogP contribution in [-0.4, -0.2) is 38.1 Å². The summed E-state index contributed by atoms with van der Waals surface area (Å²) in [5.41, 5.74) is 3.20. The second-order valence-electron chi connectivity index (χ2n) is 6.80. The maximum atomic E-state index is 13.4. The number of ether oxygens (including phenoxy) is 1. The Bertz CT molecular complexity index is 1100. The smallest absolute Gasteiger partial charge is 0.209 e. The van der Waals surface area contributed by atoms with E-state index in [9.17, 15) is 8.42 Å². The molecule has 0 bridgehead atoms. The van der Waals surface area contributed by atoms with E-state index in [2.05, 4.69) is 15.3 Å². The molecule has 1 atom stereocenters.